The Morgan fingerprint density at radius 1 is 1.37 bits per heavy atom. The minimum Gasteiger partial charge on any atom is -0.355 e. The van der Waals surface area contributed by atoms with Gasteiger partial charge in [-0.05, 0) is 18.6 Å². The van der Waals surface area contributed by atoms with Gasteiger partial charge in [0.2, 0.25) is 15.9 Å². The third-order valence-electron chi connectivity index (χ3n) is 2.31. The average Bonchev–Trinajstić information content (AvgIpc) is 2.37. The minimum atomic E-state index is -3.64. The van der Waals surface area contributed by atoms with E-state index in [1.807, 2.05) is 6.07 Å². The number of hydrogen-bond acceptors (Lipinski definition) is 4. The molecule has 19 heavy (non-hydrogen) atoms. The molecule has 0 radical (unpaired) electrons. The maximum Gasteiger partial charge on any atom is 0.235 e. The topological polar surface area (TPSA) is 99.1 Å². The molecule has 7 heteroatoms. The second kappa shape index (κ2) is 6.87. The van der Waals surface area contributed by atoms with Crippen LogP contribution in [0.2, 0.25) is 0 Å². The van der Waals surface area contributed by atoms with E-state index in [9.17, 15) is 13.2 Å². The van der Waals surface area contributed by atoms with Crippen molar-refractivity contribution < 1.29 is 13.2 Å². The number of nitriles is 1. The first-order chi connectivity index (χ1) is 8.98. The molecule has 0 aliphatic heterocycles. The molecule has 1 amide bonds. The fourth-order valence-corrected chi connectivity index (χ4v) is 2.56. The molecule has 0 unspecified atom stereocenters. The first-order valence-corrected chi connectivity index (χ1v) is 7.35. The molecule has 0 saturated carbocycles. The van der Waals surface area contributed by atoms with E-state index in [1.54, 1.807) is 31.2 Å². The summed E-state index contributed by atoms with van der Waals surface area (Å²) in [6.07, 6.45) is 0. The molecule has 0 aromatic heterocycles. The molecule has 1 aromatic rings. The summed E-state index contributed by atoms with van der Waals surface area (Å²) in [6.45, 7) is 1.89. The normalized spacial score (nSPS) is 10.7. The molecule has 0 saturated heterocycles. The minimum absolute atomic E-state index is 0.301. The van der Waals surface area contributed by atoms with Crippen molar-refractivity contribution in [1.82, 2.24) is 10.0 Å². The molecule has 0 atom stereocenters. The lowest BCUT2D eigenvalue weighted by Gasteiger charge is -2.07. The van der Waals surface area contributed by atoms with Crippen LogP contribution in [0.1, 0.15) is 18.1 Å². The van der Waals surface area contributed by atoms with E-state index in [0.29, 0.717) is 17.7 Å². The number of sulfonamides is 1. The zero-order chi connectivity index (χ0) is 14.3. The summed E-state index contributed by atoms with van der Waals surface area (Å²) < 4.78 is 25.7. The van der Waals surface area contributed by atoms with Gasteiger partial charge in [0.05, 0.1) is 23.9 Å². The predicted octanol–water partition coefficient (Wildman–Crippen LogP) is 0.114. The summed E-state index contributed by atoms with van der Waals surface area (Å²) in [6, 6.07) is 8.38. The molecule has 1 aromatic carbocycles. The number of likely N-dealkylation sites (N-methyl/N-ethyl adjacent to an activating group) is 1. The van der Waals surface area contributed by atoms with Gasteiger partial charge in [-0.2, -0.15) is 5.26 Å². The van der Waals surface area contributed by atoms with Crippen LogP contribution in [0.4, 0.5) is 0 Å². The summed E-state index contributed by atoms with van der Waals surface area (Å²) in [7, 11) is -3.64. The highest BCUT2D eigenvalue weighted by Crippen LogP contribution is 2.10. The Bertz CT molecular complexity index is 590. The van der Waals surface area contributed by atoms with Crippen molar-refractivity contribution >= 4 is 15.9 Å². The lowest BCUT2D eigenvalue weighted by Crippen LogP contribution is -2.37. The molecule has 0 aliphatic rings. The van der Waals surface area contributed by atoms with E-state index in [4.69, 9.17) is 5.26 Å². The number of amides is 1. The molecule has 1 rings (SSSR count). The van der Waals surface area contributed by atoms with Gasteiger partial charge in [0.1, 0.15) is 0 Å². The highest BCUT2D eigenvalue weighted by molar-refractivity contribution is 7.88. The summed E-state index contributed by atoms with van der Waals surface area (Å²) in [4.78, 5) is 11.2. The Balaban J connectivity index is 2.70. The van der Waals surface area contributed by atoms with Crippen molar-refractivity contribution in [1.29, 1.82) is 5.26 Å². The monoisotopic (exact) mass is 281 g/mol. The Hall–Kier alpha value is -1.91. The molecular formula is C12H15N3O3S. The van der Waals surface area contributed by atoms with Gasteiger partial charge in [0, 0.05) is 6.54 Å². The van der Waals surface area contributed by atoms with Gasteiger partial charge in [-0.15, -0.1) is 0 Å². The number of hydrogen-bond donors (Lipinski definition) is 2. The summed E-state index contributed by atoms with van der Waals surface area (Å²) in [5.41, 5.74) is 0.722. The number of benzene rings is 1. The zero-order valence-electron chi connectivity index (χ0n) is 10.5. The van der Waals surface area contributed by atoms with Crippen LogP contribution in [0.5, 0.6) is 0 Å². The van der Waals surface area contributed by atoms with Crippen LogP contribution in [-0.2, 0) is 20.6 Å². The summed E-state index contributed by atoms with van der Waals surface area (Å²) in [5.74, 6) is -0.712. The quantitative estimate of drug-likeness (QED) is 0.773. The second-order valence-electron chi connectivity index (χ2n) is 3.80. The fourth-order valence-electron chi connectivity index (χ4n) is 1.45. The number of rotatable bonds is 6. The van der Waals surface area contributed by atoms with Crippen molar-refractivity contribution in [3.05, 3.63) is 35.4 Å². The molecular weight excluding hydrogens is 266 g/mol. The number of nitrogens with zero attached hydrogens (tertiary/aromatic N) is 1. The maximum absolute atomic E-state index is 11.8. The van der Waals surface area contributed by atoms with E-state index in [0.717, 1.165) is 0 Å². The third kappa shape index (κ3) is 5.07. The molecule has 0 aliphatic carbocycles. The summed E-state index contributed by atoms with van der Waals surface area (Å²) in [5, 5.41) is 11.4. The number of carbonyl (C=O) groups excluding carboxylic acids is 1. The Morgan fingerprint density at radius 2 is 2.05 bits per heavy atom. The third-order valence-corrected chi connectivity index (χ3v) is 3.59. The van der Waals surface area contributed by atoms with E-state index >= 15 is 0 Å². The SMILES string of the molecule is CCNC(=O)CNS(=O)(=O)Cc1ccccc1C#N. The predicted molar refractivity (Wildman–Crippen MR) is 70.5 cm³/mol. The molecule has 6 nitrogen and oxygen atoms in total. The van der Waals surface area contributed by atoms with Gasteiger partial charge in [-0.3, -0.25) is 4.79 Å². The summed E-state index contributed by atoms with van der Waals surface area (Å²) >= 11 is 0. The van der Waals surface area contributed by atoms with Gasteiger partial charge in [0.15, 0.2) is 0 Å². The highest BCUT2D eigenvalue weighted by atomic mass is 32.2. The van der Waals surface area contributed by atoms with Gasteiger partial charge in [-0.25, -0.2) is 13.1 Å². The van der Waals surface area contributed by atoms with Crippen molar-refractivity contribution in [3.8, 4) is 6.07 Å². The maximum atomic E-state index is 11.8. The fraction of sp³-hybridized carbons (Fsp3) is 0.333. The highest BCUT2D eigenvalue weighted by Gasteiger charge is 2.15. The molecule has 102 valence electrons. The number of nitrogens with one attached hydrogen (secondary N) is 2. The lowest BCUT2D eigenvalue weighted by atomic mass is 10.1. The molecule has 0 heterocycles. The first-order valence-electron chi connectivity index (χ1n) is 5.70. The van der Waals surface area contributed by atoms with Crippen LogP contribution in [0.15, 0.2) is 24.3 Å². The van der Waals surface area contributed by atoms with Crippen LogP contribution in [0, 0.1) is 11.3 Å². The van der Waals surface area contributed by atoms with Crippen molar-refractivity contribution in [2.45, 2.75) is 12.7 Å². The number of carbonyl (C=O) groups is 1. The van der Waals surface area contributed by atoms with Crippen LogP contribution < -0.4 is 10.0 Å². The molecule has 2 N–H and O–H groups in total. The smallest absolute Gasteiger partial charge is 0.235 e. The molecule has 0 fully saturated rings. The van der Waals surface area contributed by atoms with Crippen molar-refractivity contribution in [2.75, 3.05) is 13.1 Å². The van der Waals surface area contributed by atoms with E-state index in [1.165, 1.54) is 0 Å². The average molecular weight is 281 g/mol. The molecule has 0 spiro atoms. The van der Waals surface area contributed by atoms with Crippen LogP contribution in [0.3, 0.4) is 0 Å². The second-order valence-corrected chi connectivity index (χ2v) is 5.61. The largest absolute Gasteiger partial charge is 0.355 e. The van der Waals surface area contributed by atoms with E-state index in [-0.39, 0.29) is 18.2 Å². The molecule has 0 bridgehead atoms. The van der Waals surface area contributed by atoms with Gasteiger partial charge in [-0.1, -0.05) is 18.2 Å². The van der Waals surface area contributed by atoms with Crippen LogP contribution >= 0.6 is 0 Å². The van der Waals surface area contributed by atoms with Gasteiger partial charge >= 0.3 is 0 Å². The van der Waals surface area contributed by atoms with Crippen molar-refractivity contribution in [3.63, 3.8) is 0 Å². The van der Waals surface area contributed by atoms with Crippen LogP contribution in [0.25, 0.3) is 0 Å². The van der Waals surface area contributed by atoms with E-state index in [2.05, 4.69) is 10.0 Å². The Labute approximate surface area is 112 Å². The van der Waals surface area contributed by atoms with Crippen LogP contribution in [-0.4, -0.2) is 27.4 Å². The van der Waals surface area contributed by atoms with E-state index < -0.39 is 10.0 Å². The Morgan fingerprint density at radius 3 is 2.68 bits per heavy atom. The van der Waals surface area contributed by atoms with Gasteiger partial charge in [0.25, 0.3) is 0 Å². The lowest BCUT2D eigenvalue weighted by molar-refractivity contribution is -0.119. The van der Waals surface area contributed by atoms with Crippen molar-refractivity contribution in [2.24, 2.45) is 0 Å². The standard InChI is InChI=1S/C12H15N3O3S/c1-2-14-12(16)8-15-19(17,18)9-11-6-4-3-5-10(11)7-13/h3-6,15H,2,8-9H2,1H3,(H,14,16). The first kappa shape index (κ1) is 15.1. The van der Waals surface area contributed by atoms with Gasteiger partial charge < -0.3 is 5.32 Å². The zero-order valence-corrected chi connectivity index (χ0v) is 11.3. The Kier molecular flexibility index (Phi) is 5.48.